The van der Waals surface area contributed by atoms with Crippen LogP contribution in [0.3, 0.4) is 0 Å². The molecule has 1 aliphatic heterocycles. The van der Waals surface area contributed by atoms with Crippen LogP contribution in [-0.2, 0) is 0 Å². The van der Waals surface area contributed by atoms with Gasteiger partial charge in [-0.2, -0.15) is 0 Å². The molecule has 0 saturated carbocycles. The number of thioether (sulfide) groups is 1. The molecule has 2 aromatic carbocycles. The third-order valence-electron chi connectivity index (χ3n) is 3.41. The zero-order valence-electron chi connectivity index (χ0n) is 11.7. The molecule has 4 nitrogen and oxygen atoms in total. The Morgan fingerprint density at radius 1 is 0.957 bits per heavy atom. The highest BCUT2D eigenvalue weighted by atomic mass is 79.9. The van der Waals surface area contributed by atoms with Crippen LogP contribution >= 0.6 is 39.3 Å². The van der Waals surface area contributed by atoms with Crippen LogP contribution in [0.25, 0.3) is 17.1 Å². The van der Waals surface area contributed by atoms with E-state index in [4.69, 9.17) is 11.6 Å². The van der Waals surface area contributed by atoms with Crippen molar-refractivity contribution >= 4 is 45.0 Å². The molecule has 7 heteroatoms. The Hall–Kier alpha value is -1.76. The van der Waals surface area contributed by atoms with E-state index in [0.29, 0.717) is 0 Å². The first kappa shape index (κ1) is 14.8. The minimum absolute atomic E-state index is 0.721. The van der Waals surface area contributed by atoms with Gasteiger partial charge in [-0.1, -0.05) is 63.6 Å². The fourth-order valence-electron chi connectivity index (χ4n) is 2.25. The summed E-state index contributed by atoms with van der Waals surface area (Å²) >= 11 is 10.9. The molecule has 0 unspecified atom stereocenters. The number of rotatable bonds is 2. The largest absolute Gasteiger partial charge is 0.289 e. The van der Waals surface area contributed by atoms with Crippen LogP contribution in [0, 0.1) is 0 Å². The van der Waals surface area contributed by atoms with Gasteiger partial charge < -0.3 is 0 Å². The van der Waals surface area contributed by atoms with Gasteiger partial charge in [0.15, 0.2) is 5.82 Å². The summed E-state index contributed by atoms with van der Waals surface area (Å²) in [6, 6.07) is 15.7. The van der Waals surface area contributed by atoms with Crippen molar-refractivity contribution in [3.8, 4) is 11.4 Å². The molecule has 3 aromatic rings. The molecule has 1 aliphatic rings. The summed E-state index contributed by atoms with van der Waals surface area (Å²) in [6.07, 6.45) is 0. The highest BCUT2D eigenvalue weighted by Gasteiger charge is 2.19. The minimum Gasteiger partial charge on any atom is -0.289 e. The van der Waals surface area contributed by atoms with Gasteiger partial charge >= 0.3 is 0 Å². The van der Waals surface area contributed by atoms with E-state index in [1.54, 1.807) is 0 Å². The molecule has 0 bridgehead atoms. The Morgan fingerprint density at radius 3 is 2.39 bits per heavy atom. The summed E-state index contributed by atoms with van der Waals surface area (Å²) in [4.78, 5) is 0. The number of aromatic nitrogens is 3. The Morgan fingerprint density at radius 2 is 1.65 bits per heavy atom. The Balaban J connectivity index is 1.69. The smallest absolute Gasteiger partial charge is 0.214 e. The second-order valence-electron chi connectivity index (χ2n) is 4.92. The van der Waals surface area contributed by atoms with Crippen molar-refractivity contribution in [2.45, 2.75) is 5.16 Å². The van der Waals surface area contributed by atoms with Crippen molar-refractivity contribution in [1.29, 1.82) is 0 Å². The second kappa shape index (κ2) is 6.03. The third-order valence-corrected chi connectivity index (χ3v) is 5.01. The van der Waals surface area contributed by atoms with Gasteiger partial charge in [-0.15, -0.1) is 10.2 Å². The van der Waals surface area contributed by atoms with Crippen molar-refractivity contribution in [3.63, 3.8) is 0 Å². The predicted octanol–water partition coefficient (Wildman–Crippen LogP) is 5.01. The summed E-state index contributed by atoms with van der Waals surface area (Å²) in [5, 5.41) is 12.1. The molecule has 1 aromatic heterocycles. The number of fused-ring (bicyclic) bond motifs is 1. The number of hydrogen-bond acceptors (Lipinski definition) is 4. The zero-order chi connectivity index (χ0) is 15.8. The molecule has 1 N–H and O–H groups in total. The van der Waals surface area contributed by atoms with Crippen LogP contribution in [0.1, 0.15) is 5.56 Å². The van der Waals surface area contributed by atoms with Gasteiger partial charge in [0, 0.05) is 26.0 Å². The Bertz CT molecular complexity index is 887. The Labute approximate surface area is 150 Å². The van der Waals surface area contributed by atoms with E-state index in [0.717, 1.165) is 37.3 Å². The van der Waals surface area contributed by atoms with Crippen LogP contribution in [0.4, 0.5) is 0 Å². The minimum atomic E-state index is 0.721. The summed E-state index contributed by atoms with van der Waals surface area (Å²) in [5.41, 5.74) is 6.41. The van der Waals surface area contributed by atoms with Crippen LogP contribution in [-0.4, -0.2) is 14.9 Å². The molecule has 0 saturated heterocycles. The van der Waals surface area contributed by atoms with E-state index >= 15 is 0 Å². The van der Waals surface area contributed by atoms with Crippen molar-refractivity contribution in [1.82, 2.24) is 14.9 Å². The fraction of sp³-hybridized carbons (Fsp3) is 0. The van der Waals surface area contributed by atoms with Gasteiger partial charge in [-0.3, -0.25) is 5.43 Å². The lowest BCUT2D eigenvalue weighted by Gasteiger charge is -2.19. The molecule has 2 heterocycles. The van der Waals surface area contributed by atoms with Crippen molar-refractivity contribution in [2.75, 3.05) is 5.43 Å². The van der Waals surface area contributed by atoms with Crippen LogP contribution in [0.5, 0.6) is 0 Å². The van der Waals surface area contributed by atoms with Crippen LogP contribution in [0.15, 0.2) is 63.6 Å². The second-order valence-corrected chi connectivity index (χ2v) is 7.11. The first-order chi connectivity index (χ1) is 11.2. The molecule has 4 rings (SSSR count). The number of hydrogen-bond donors (Lipinski definition) is 1. The molecular weight excluding hydrogens is 396 g/mol. The summed E-state index contributed by atoms with van der Waals surface area (Å²) in [6.45, 7) is 0. The van der Waals surface area contributed by atoms with Crippen LogP contribution < -0.4 is 5.43 Å². The molecule has 0 amide bonds. The number of halogens is 2. The van der Waals surface area contributed by atoms with Crippen molar-refractivity contribution in [3.05, 3.63) is 69.0 Å². The van der Waals surface area contributed by atoms with E-state index in [1.165, 1.54) is 11.8 Å². The summed E-state index contributed by atoms with van der Waals surface area (Å²) in [7, 11) is 0. The third kappa shape index (κ3) is 2.89. The standard InChI is InChI=1S/C16H10BrClN4S/c17-12-5-1-11(2-6-12)15-19-20-16-22(15)21-14(9-23-16)10-3-7-13(18)8-4-10/h1-9,21H. The number of nitrogens with zero attached hydrogens (tertiary/aromatic N) is 3. The van der Waals surface area contributed by atoms with Gasteiger partial charge in [-0.05, 0) is 24.3 Å². The topological polar surface area (TPSA) is 42.7 Å². The fourth-order valence-corrected chi connectivity index (χ4v) is 3.38. The lowest BCUT2D eigenvalue weighted by molar-refractivity contribution is 0.826. The maximum absolute atomic E-state index is 5.96. The maximum atomic E-state index is 5.96. The zero-order valence-corrected chi connectivity index (χ0v) is 14.9. The van der Waals surface area contributed by atoms with Gasteiger partial charge in [0.25, 0.3) is 0 Å². The number of benzene rings is 2. The lowest BCUT2D eigenvalue weighted by atomic mass is 10.2. The summed E-state index contributed by atoms with van der Waals surface area (Å²) < 4.78 is 2.93. The Kier molecular flexibility index (Phi) is 3.88. The summed E-state index contributed by atoms with van der Waals surface area (Å²) in [5.74, 6) is 0.777. The molecule has 23 heavy (non-hydrogen) atoms. The SMILES string of the molecule is Clc1ccc(C2=CSc3nnc(-c4ccc(Br)cc4)n3N2)cc1. The lowest BCUT2D eigenvalue weighted by Crippen LogP contribution is -2.18. The molecule has 0 spiro atoms. The quantitative estimate of drug-likeness (QED) is 0.651. The van der Waals surface area contributed by atoms with Gasteiger partial charge in [-0.25, -0.2) is 4.68 Å². The average molecular weight is 406 g/mol. The monoisotopic (exact) mass is 404 g/mol. The van der Waals surface area contributed by atoms with E-state index in [1.807, 2.05) is 58.6 Å². The van der Waals surface area contributed by atoms with Crippen LogP contribution in [0.2, 0.25) is 5.02 Å². The van der Waals surface area contributed by atoms with E-state index in [-0.39, 0.29) is 0 Å². The highest BCUT2D eigenvalue weighted by molar-refractivity contribution is 9.10. The molecule has 0 aliphatic carbocycles. The molecule has 0 fully saturated rings. The van der Waals surface area contributed by atoms with Gasteiger partial charge in [0.2, 0.25) is 5.16 Å². The van der Waals surface area contributed by atoms with Gasteiger partial charge in [0.05, 0.1) is 5.70 Å². The maximum Gasteiger partial charge on any atom is 0.214 e. The predicted molar refractivity (Wildman–Crippen MR) is 97.8 cm³/mol. The average Bonchev–Trinajstić information content (AvgIpc) is 2.99. The van der Waals surface area contributed by atoms with Crippen molar-refractivity contribution < 1.29 is 0 Å². The molecule has 114 valence electrons. The first-order valence-electron chi connectivity index (χ1n) is 6.82. The van der Waals surface area contributed by atoms with Crippen molar-refractivity contribution in [2.24, 2.45) is 0 Å². The van der Waals surface area contributed by atoms with E-state index < -0.39 is 0 Å². The van der Waals surface area contributed by atoms with E-state index in [2.05, 4.69) is 31.6 Å². The normalized spacial score (nSPS) is 13.2. The first-order valence-corrected chi connectivity index (χ1v) is 8.87. The highest BCUT2D eigenvalue weighted by Crippen LogP contribution is 2.31. The van der Waals surface area contributed by atoms with Gasteiger partial charge in [0.1, 0.15) is 0 Å². The molecular formula is C16H10BrClN4S. The number of nitrogens with one attached hydrogen (secondary N) is 1. The molecule has 0 atom stereocenters. The van der Waals surface area contributed by atoms with E-state index in [9.17, 15) is 0 Å². The molecule has 0 radical (unpaired) electrons.